The molecule has 116 valence electrons. The summed E-state index contributed by atoms with van der Waals surface area (Å²) in [5, 5.41) is 5.45. The Labute approximate surface area is 156 Å². The van der Waals surface area contributed by atoms with Gasteiger partial charge in [0.1, 0.15) is 0 Å². The average molecular weight is 420 g/mol. The summed E-state index contributed by atoms with van der Waals surface area (Å²) in [6.07, 6.45) is 0. The van der Waals surface area contributed by atoms with Crippen molar-refractivity contribution < 1.29 is 20.8 Å². The Kier molecular flexibility index (Phi) is 7.57. The van der Waals surface area contributed by atoms with E-state index in [-0.39, 0.29) is 0 Å². The number of halogens is 2. The first-order valence-corrected chi connectivity index (χ1v) is 13.7. The zero-order chi connectivity index (χ0) is 16.7. The predicted molar refractivity (Wildman–Crippen MR) is 100 cm³/mol. The van der Waals surface area contributed by atoms with E-state index in [0.717, 1.165) is 0 Å². The molecule has 3 heteroatoms. The minimum absolute atomic E-state index is 0.826. The molecule has 0 N–H and O–H groups in total. The first-order chi connectivity index (χ1) is 11.2. The van der Waals surface area contributed by atoms with Crippen molar-refractivity contribution in [2.75, 3.05) is 0 Å². The van der Waals surface area contributed by atoms with E-state index in [9.17, 15) is 0 Å². The van der Waals surface area contributed by atoms with E-state index in [0.29, 0.717) is 0 Å². The second-order valence-corrected chi connectivity index (χ2v) is 9.01. The third-order valence-electron chi connectivity index (χ3n) is 3.80. The third kappa shape index (κ3) is 5.05. The van der Waals surface area contributed by atoms with Gasteiger partial charge in [0, 0.05) is 0 Å². The zero-order valence-corrected chi connectivity index (χ0v) is 17.2. The number of hydrogen-bond donors (Lipinski definition) is 0. The summed E-state index contributed by atoms with van der Waals surface area (Å²) in [5.74, 6) is 0. The van der Waals surface area contributed by atoms with E-state index in [1.807, 2.05) is 0 Å². The van der Waals surface area contributed by atoms with Crippen molar-refractivity contribution in [3.05, 3.63) is 83.9 Å². The fourth-order valence-electron chi connectivity index (χ4n) is 2.61. The number of hydrogen-bond acceptors (Lipinski definition) is 0. The molecule has 0 aliphatic heterocycles. The predicted octanol–water partition coefficient (Wildman–Crippen LogP) is 7.11. The molecule has 0 atom stereocenters. The van der Waals surface area contributed by atoms with Crippen LogP contribution in [0.1, 0.15) is 11.1 Å². The summed E-state index contributed by atoms with van der Waals surface area (Å²) >= 11 is -0.826. The Morgan fingerprint density at radius 2 is 1.00 bits per heavy atom. The Bertz CT molecular complexity index is 786. The van der Waals surface area contributed by atoms with Gasteiger partial charge in [0.25, 0.3) is 0 Å². The van der Waals surface area contributed by atoms with E-state index in [1.165, 1.54) is 32.7 Å². The molecule has 0 aliphatic carbocycles. The summed E-state index contributed by atoms with van der Waals surface area (Å²) in [6, 6.07) is 25.5. The molecule has 4 aromatic rings. The second-order valence-electron chi connectivity index (χ2n) is 5.28. The summed E-state index contributed by atoms with van der Waals surface area (Å²) in [4.78, 5) is 0. The third-order valence-corrected chi connectivity index (χ3v) is 3.80. The minimum atomic E-state index is -0.826. The van der Waals surface area contributed by atoms with E-state index in [4.69, 9.17) is 17.0 Å². The van der Waals surface area contributed by atoms with Crippen molar-refractivity contribution in [2.24, 2.45) is 0 Å². The van der Waals surface area contributed by atoms with Gasteiger partial charge in [-0.3, -0.25) is 0 Å². The molecule has 0 nitrogen and oxygen atoms in total. The number of fused-ring (bicyclic) bond motifs is 2. The van der Waals surface area contributed by atoms with Crippen LogP contribution in [-0.4, -0.2) is 0 Å². The van der Waals surface area contributed by atoms with Gasteiger partial charge in [-0.25, -0.2) is 0 Å². The van der Waals surface area contributed by atoms with Gasteiger partial charge in [0.05, 0.1) is 0 Å². The van der Waals surface area contributed by atoms with Crippen molar-refractivity contribution in [2.45, 2.75) is 13.8 Å². The Morgan fingerprint density at radius 3 is 1.35 bits per heavy atom. The van der Waals surface area contributed by atoms with Crippen LogP contribution < -0.4 is 0 Å². The molecule has 0 saturated heterocycles. The van der Waals surface area contributed by atoms with E-state index in [2.05, 4.69) is 86.6 Å². The van der Waals surface area contributed by atoms with Gasteiger partial charge in [-0.15, -0.1) is 69.1 Å². The molecule has 0 aliphatic rings. The fourth-order valence-corrected chi connectivity index (χ4v) is 2.61. The van der Waals surface area contributed by atoms with Gasteiger partial charge in [-0.1, -0.05) is 26.0 Å². The molecular formula is C20H18Cl2Zr. The van der Waals surface area contributed by atoms with Crippen LogP contribution in [-0.2, 0) is 20.8 Å². The Morgan fingerprint density at radius 1 is 0.652 bits per heavy atom. The van der Waals surface area contributed by atoms with Crippen molar-refractivity contribution in [1.29, 1.82) is 0 Å². The molecule has 0 radical (unpaired) electrons. The van der Waals surface area contributed by atoms with Gasteiger partial charge in [-0.2, -0.15) is 24.3 Å². The van der Waals surface area contributed by atoms with Crippen LogP contribution in [0, 0.1) is 13.8 Å². The summed E-state index contributed by atoms with van der Waals surface area (Å²) in [5.41, 5.74) is 2.74. The van der Waals surface area contributed by atoms with Crippen LogP contribution in [0.15, 0.2) is 72.8 Å². The van der Waals surface area contributed by atoms with Gasteiger partial charge in [-0.05, 0) is 0 Å². The van der Waals surface area contributed by atoms with Crippen LogP contribution in [0.4, 0.5) is 0 Å². The molecule has 0 heterocycles. The first-order valence-electron chi connectivity index (χ1n) is 7.35. The van der Waals surface area contributed by atoms with Gasteiger partial charge in [0.15, 0.2) is 0 Å². The molecular weight excluding hydrogens is 402 g/mol. The Hall–Kier alpha value is -0.877. The molecule has 0 saturated carbocycles. The van der Waals surface area contributed by atoms with Crippen LogP contribution in [0.2, 0.25) is 0 Å². The SMILES string of the molecule is C[c-]1ccc2ccccc21.C[c-]1ccc2ccccc21.[Cl][Zr+2][Cl]. The molecule has 0 aromatic heterocycles. The molecule has 0 fully saturated rings. The molecule has 4 rings (SSSR count). The van der Waals surface area contributed by atoms with Crippen molar-refractivity contribution in [1.82, 2.24) is 0 Å². The first kappa shape index (κ1) is 18.5. The second kappa shape index (κ2) is 9.43. The van der Waals surface area contributed by atoms with Crippen LogP contribution >= 0.6 is 17.0 Å². The Balaban J connectivity index is 0.000000143. The molecule has 0 amide bonds. The monoisotopic (exact) mass is 418 g/mol. The maximum atomic E-state index is 4.93. The van der Waals surface area contributed by atoms with Gasteiger partial charge in [0.2, 0.25) is 0 Å². The van der Waals surface area contributed by atoms with Crippen molar-refractivity contribution in [3.63, 3.8) is 0 Å². The van der Waals surface area contributed by atoms with E-state index >= 15 is 0 Å². The van der Waals surface area contributed by atoms with Crippen LogP contribution in [0.5, 0.6) is 0 Å². The number of aryl methyl sites for hydroxylation is 2. The van der Waals surface area contributed by atoms with Gasteiger partial charge >= 0.3 is 37.9 Å². The molecule has 0 bridgehead atoms. The summed E-state index contributed by atoms with van der Waals surface area (Å²) in [6.45, 7) is 4.28. The van der Waals surface area contributed by atoms with E-state index in [1.54, 1.807) is 0 Å². The van der Waals surface area contributed by atoms with Crippen LogP contribution in [0.25, 0.3) is 21.5 Å². The fraction of sp³-hybridized carbons (Fsp3) is 0.100. The van der Waals surface area contributed by atoms with Crippen molar-refractivity contribution >= 4 is 38.6 Å². The van der Waals surface area contributed by atoms with Gasteiger partial charge < -0.3 is 0 Å². The number of rotatable bonds is 0. The van der Waals surface area contributed by atoms with Crippen LogP contribution in [0.3, 0.4) is 0 Å². The summed E-state index contributed by atoms with van der Waals surface area (Å²) < 4.78 is 0. The summed E-state index contributed by atoms with van der Waals surface area (Å²) in [7, 11) is 9.87. The zero-order valence-electron chi connectivity index (χ0n) is 13.2. The normalized spacial score (nSPS) is 9.57. The molecule has 4 aromatic carbocycles. The van der Waals surface area contributed by atoms with Crippen molar-refractivity contribution in [3.8, 4) is 0 Å². The maximum absolute atomic E-state index is 4.93. The topological polar surface area (TPSA) is 0 Å². The standard InChI is InChI=1S/2C10H9.2ClH.Zr/c2*1-8-6-7-9-4-2-3-5-10(8)9;;;/h2*2-7H,1H3;2*1H;/q2*-1;;;+4/p-2. The number of benzene rings is 2. The molecule has 0 unspecified atom stereocenters. The molecule has 0 spiro atoms. The van der Waals surface area contributed by atoms with E-state index < -0.39 is 20.8 Å². The quantitative estimate of drug-likeness (QED) is 0.266. The average Bonchev–Trinajstić information content (AvgIpc) is 3.14. The molecule has 23 heavy (non-hydrogen) atoms.